The molecule has 0 aliphatic rings. The number of rotatable bonds is 12. The van der Waals surface area contributed by atoms with E-state index in [-0.39, 0.29) is 17.3 Å². The molecule has 0 aromatic heterocycles. The first kappa shape index (κ1) is 30.5. The number of carbonyl (C=O) groups is 2. The lowest BCUT2D eigenvalue weighted by molar-refractivity contribution is -0.139. The fourth-order valence-electron chi connectivity index (χ4n) is 3.92. The molecule has 10 heteroatoms. The van der Waals surface area contributed by atoms with Crippen LogP contribution in [0.15, 0.2) is 77.7 Å². The zero-order valence-electron chi connectivity index (χ0n) is 22.2. The van der Waals surface area contributed by atoms with Gasteiger partial charge in [0.15, 0.2) is 0 Å². The van der Waals surface area contributed by atoms with E-state index in [2.05, 4.69) is 5.32 Å². The number of aryl methyl sites for hydroxylation is 1. The van der Waals surface area contributed by atoms with Crippen molar-refractivity contribution >= 4 is 50.7 Å². The Balaban J connectivity index is 1.99. The molecule has 0 aliphatic heterocycles. The van der Waals surface area contributed by atoms with Crippen LogP contribution in [0.4, 0.5) is 5.69 Å². The van der Waals surface area contributed by atoms with Gasteiger partial charge in [0.05, 0.1) is 10.6 Å². The van der Waals surface area contributed by atoms with E-state index in [4.69, 9.17) is 23.2 Å². The van der Waals surface area contributed by atoms with Crippen molar-refractivity contribution in [2.24, 2.45) is 0 Å². The summed E-state index contributed by atoms with van der Waals surface area (Å²) in [6.07, 6.45) is 1.72. The molecule has 2 amide bonds. The van der Waals surface area contributed by atoms with E-state index < -0.39 is 28.5 Å². The lowest BCUT2D eigenvalue weighted by Crippen LogP contribution is -2.51. The van der Waals surface area contributed by atoms with Crippen LogP contribution in [-0.2, 0) is 26.2 Å². The van der Waals surface area contributed by atoms with E-state index >= 15 is 0 Å². The van der Waals surface area contributed by atoms with Gasteiger partial charge in [-0.2, -0.15) is 0 Å². The number of halogens is 2. The van der Waals surface area contributed by atoms with Crippen molar-refractivity contribution in [3.8, 4) is 0 Å². The second kappa shape index (κ2) is 13.8. The standard InChI is InChI=1S/C29H33Cl2N3O4S/c1-4-5-17-32-29(36)22(3)33(19-23-7-6-8-25(31)18-23)28(35)20-34(26-13-9-21(2)10-14-26)39(37,38)27-15-11-24(30)12-16-27/h6-16,18,22H,4-5,17,19-20H2,1-3H3,(H,32,36). The van der Waals surface area contributed by atoms with Gasteiger partial charge in [-0.1, -0.05) is 66.4 Å². The van der Waals surface area contributed by atoms with Crippen molar-refractivity contribution in [2.75, 3.05) is 17.4 Å². The predicted octanol–water partition coefficient (Wildman–Crippen LogP) is 5.83. The molecular weight excluding hydrogens is 557 g/mol. The van der Waals surface area contributed by atoms with Crippen molar-refractivity contribution in [3.05, 3.63) is 94.0 Å². The number of unbranched alkanes of at least 4 members (excludes halogenated alkanes) is 1. The molecule has 3 rings (SSSR count). The Morgan fingerprint density at radius 2 is 1.62 bits per heavy atom. The van der Waals surface area contributed by atoms with Crippen LogP contribution in [0.1, 0.15) is 37.8 Å². The molecule has 1 N–H and O–H groups in total. The van der Waals surface area contributed by atoms with Gasteiger partial charge in [-0.3, -0.25) is 13.9 Å². The molecule has 0 spiro atoms. The number of nitrogens with zero attached hydrogens (tertiary/aromatic N) is 2. The molecule has 3 aromatic rings. The van der Waals surface area contributed by atoms with Crippen molar-refractivity contribution in [1.82, 2.24) is 10.2 Å². The van der Waals surface area contributed by atoms with Crippen molar-refractivity contribution in [3.63, 3.8) is 0 Å². The first-order chi connectivity index (χ1) is 18.5. The van der Waals surface area contributed by atoms with Gasteiger partial charge in [0, 0.05) is 23.1 Å². The third-order valence-corrected chi connectivity index (χ3v) is 8.52. The molecule has 1 unspecified atom stereocenters. The van der Waals surface area contributed by atoms with Crippen LogP contribution in [0.25, 0.3) is 0 Å². The molecule has 0 saturated heterocycles. The van der Waals surface area contributed by atoms with Crippen LogP contribution in [0.5, 0.6) is 0 Å². The van der Waals surface area contributed by atoms with E-state index in [1.807, 2.05) is 13.8 Å². The zero-order chi connectivity index (χ0) is 28.6. The lowest BCUT2D eigenvalue weighted by atomic mass is 10.1. The third kappa shape index (κ3) is 8.21. The van der Waals surface area contributed by atoms with Gasteiger partial charge in [-0.05, 0) is 74.4 Å². The van der Waals surface area contributed by atoms with Gasteiger partial charge in [-0.25, -0.2) is 8.42 Å². The summed E-state index contributed by atoms with van der Waals surface area (Å²) in [5.41, 5.74) is 1.98. The average molecular weight is 591 g/mol. The van der Waals surface area contributed by atoms with Crippen molar-refractivity contribution in [2.45, 2.75) is 51.1 Å². The summed E-state index contributed by atoms with van der Waals surface area (Å²) in [4.78, 5) is 28.2. The second-order valence-corrected chi connectivity index (χ2v) is 12.0. The summed E-state index contributed by atoms with van der Waals surface area (Å²) in [6, 6.07) is 18.8. The summed E-state index contributed by atoms with van der Waals surface area (Å²) in [5, 5.41) is 3.75. The third-order valence-electron chi connectivity index (χ3n) is 6.24. The summed E-state index contributed by atoms with van der Waals surface area (Å²) in [7, 11) is -4.15. The van der Waals surface area contributed by atoms with Crippen LogP contribution < -0.4 is 9.62 Å². The minimum atomic E-state index is -4.15. The second-order valence-electron chi connectivity index (χ2n) is 9.27. The number of benzene rings is 3. The average Bonchev–Trinajstić information content (AvgIpc) is 2.90. The number of hydrogen-bond donors (Lipinski definition) is 1. The highest BCUT2D eigenvalue weighted by molar-refractivity contribution is 7.92. The maximum absolute atomic E-state index is 13.9. The van der Waals surface area contributed by atoms with Gasteiger partial charge >= 0.3 is 0 Å². The highest BCUT2D eigenvalue weighted by atomic mass is 35.5. The predicted molar refractivity (Wildman–Crippen MR) is 157 cm³/mol. The number of nitrogens with one attached hydrogen (secondary N) is 1. The van der Waals surface area contributed by atoms with E-state index in [0.29, 0.717) is 27.8 Å². The fraction of sp³-hybridized carbons (Fsp3) is 0.310. The number of sulfonamides is 1. The molecule has 0 aliphatic carbocycles. The van der Waals surface area contributed by atoms with Gasteiger partial charge in [0.1, 0.15) is 12.6 Å². The van der Waals surface area contributed by atoms with Gasteiger partial charge in [0.25, 0.3) is 10.0 Å². The molecule has 208 valence electrons. The topological polar surface area (TPSA) is 86.8 Å². The quantitative estimate of drug-likeness (QED) is 0.269. The van der Waals surface area contributed by atoms with Crippen molar-refractivity contribution < 1.29 is 18.0 Å². The Bertz CT molecular complexity index is 1380. The van der Waals surface area contributed by atoms with Crippen LogP contribution in [0.3, 0.4) is 0 Å². The molecule has 3 aromatic carbocycles. The van der Waals surface area contributed by atoms with Gasteiger partial charge in [-0.15, -0.1) is 0 Å². The largest absolute Gasteiger partial charge is 0.354 e. The van der Waals surface area contributed by atoms with Gasteiger partial charge in [0.2, 0.25) is 11.8 Å². The van der Waals surface area contributed by atoms with Crippen LogP contribution in [-0.4, -0.2) is 44.3 Å². The highest BCUT2D eigenvalue weighted by Crippen LogP contribution is 2.26. The van der Waals surface area contributed by atoms with E-state index in [9.17, 15) is 18.0 Å². The summed E-state index contributed by atoms with van der Waals surface area (Å²) in [6.45, 7) is 5.59. The molecule has 0 heterocycles. The molecule has 7 nitrogen and oxygen atoms in total. The monoisotopic (exact) mass is 589 g/mol. The summed E-state index contributed by atoms with van der Waals surface area (Å²) >= 11 is 12.2. The number of hydrogen-bond acceptors (Lipinski definition) is 4. The van der Waals surface area contributed by atoms with E-state index in [1.165, 1.54) is 29.2 Å². The smallest absolute Gasteiger partial charge is 0.264 e. The Hall–Kier alpha value is -3.07. The molecule has 0 radical (unpaired) electrons. The van der Waals surface area contributed by atoms with Crippen LogP contribution >= 0.6 is 23.2 Å². The van der Waals surface area contributed by atoms with Crippen molar-refractivity contribution in [1.29, 1.82) is 0 Å². The first-order valence-electron chi connectivity index (χ1n) is 12.7. The van der Waals surface area contributed by atoms with Gasteiger partial charge < -0.3 is 10.2 Å². The maximum Gasteiger partial charge on any atom is 0.264 e. The van der Waals surface area contributed by atoms with E-state index in [1.54, 1.807) is 55.5 Å². The fourth-order valence-corrected chi connectivity index (χ4v) is 5.68. The summed E-state index contributed by atoms with van der Waals surface area (Å²) < 4.78 is 28.6. The number of amides is 2. The zero-order valence-corrected chi connectivity index (χ0v) is 24.6. The minimum Gasteiger partial charge on any atom is -0.354 e. The minimum absolute atomic E-state index is 0.00739. The molecular formula is C29H33Cl2N3O4S. The van der Waals surface area contributed by atoms with E-state index in [0.717, 1.165) is 22.7 Å². The summed E-state index contributed by atoms with van der Waals surface area (Å²) in [5.74, 6) is -0.854. The van der Waals surface area contributed by atoms with Crippen LogP contribution in [0.2, 0.25) is 10.0 Å². The Morgan fingerprint density at radius 1 is 0.949 bits per heavy atom. The van der Waals surface area contributed by atoms with Crippen LogP contribution in [0, 0.1) is 6.92 Å². The normalized spacial score (nSPS) is 12.0. The molecule has 1 atom stereocenters. The number of carbonyl (C=O) groups excluding carboxylic acids is 2. The Morgan fingerprint density at radius 3 is 2.23 bits per heavy atom. The molecule has 0 saturated carbocycles. The Kier molecular flexibility index (Phi) is 10.8. The molecule has 0 bridgehead atoms. The SMILES string of the molecule is CCCCNC(=O)C(C)N(Cc1cccc(Cl)c1)C(=O)CN(c1ccc(C)cc1)S(=O)(=O)c1ccc(Cl)cc1. The Labute approximate surface area is 240 Å². The molecule has 0 fully saturated rings. The lowest BCUT2D eigenvalue weighted by Gasteiger charge is -2.32. The maximum atomic E-state index is 13.9. The number of anilines is 1. The first-order valence-corrected chi connectivity index (χ1v) is 14.9. The highest BCUT2D eigenvalue weighted by Gasteiger charge is 2.32. The molecule has 39 heavy (non-hydrogen) atoms.